The Morgan fingerprint density at radius 1 is 1.33 bits per heavy atom. The first-order valence-electron chi connectivity index (χ1n) is 11.3. The molecule has 0 saturated carbocycles. The first-order chi connectivity index (χ1) is 17.4. The van der Waals surface area contributed by atoms with Gasteiger partial charge >= 0.3 is 0 Å². The van der Waals surface area contributed by atoms with Gasteiger partial charge in [-0.2, -0.15) is 10.2 Å². The average Bonchev–Trinajstić information content (AvgIpc) is 3.55. The monoisotopic (exact) mass is 501 g/mol. The molecule has 4 aromatic rings. The van der Waals surface area contributed by atoms with Gasteiger partial charge in [0, 0.05) is 54.4 Å². The van der Waals surface area contributed by atoms with Gasteiger partial charge in [0.25, 0.3) is 5.56 Å². The second-order valence-electron chi connectivity index (χ2n) is 8.55. The molecule has 8 nitrogen and oxygen atoms in total. The van der Waals surface area contributed by atoms with Crippen LogP contribution in [-0.4, -0.2) is 33.1 Å². The fourth-order valence-electron chi connectivity index (χ4n) is 4.85. The molecule has 0 atom stereocenters. The van der Waals surface area contributed by atoms with E-state index in [1.807, 2.05) is 0 Å². The number of hydrogen-bond acceptors (Lipinski definition) is 5. The van der Waals surface area contributed by atoms with E-state index in [4.69, 9.17) is 30.3 Å². The third-order valence-corrected chi connectivity index (χ3v) is 6.81. The number of halogens is 2. The Hall–Kier alpha value is -4.18. The first-order valence-corrected chi connectivity index (χ1v) is 11.7. The van der Waals surface area contributed by atoms with Crippen molar-refractivity contribution in [2.45, 2.75) is 19.4 Å². The third-order valence-electron chi connectivity index (χ3n) is 6.53. The number of aromatic nitrogens is 4. The Morgan fingerprint density at radius 3 is 2.75 bits per heavy atom. The molecule has 0 spiro atoms. The van der Waals surface area contributed by atoms with Crippen molar-refractivity contribution < 1.29 is 4.39 Å². The van der Waals surface area contributed by atoms with Crippen molar-refractivity contribution in [2.24, 2.45) is 12.8 Å². The molecule has 1 fully saturated rings. The molecule has 36 heavy (non-hydrogen) atoms. The number of nitrogens with two attached hydrogens (primary N) is 1. The van der Waals surface area contributed by atoms with Crippen LogP contribution in [0.1, 0.15) is 24.1 Å². The average molecular weight is 502 g/mol. The highest BCUT2D eigenvalue weighted by atomic mass is 35.5. The maximum atomic E-state index is 15.7. The molecule has 0 aliphatic carbocycles. The maximum Gasteiger partial charge on any atom is 0.273 e. The summed E-state index contributed by atoms with van der Waals surface area (Å²) < 4.78 is 17.2. The number of nitrogens with one attached hydrogen (secondary N) is 1. The highest BCUT2D eigenvalue weighted by Gasteiger charge is 2.28. The van der Waals surface area contributed by atoms with Crippen LogP contribution in [0.2, 0.25) is 5.02 Å². The van der Waals surface area contributed by atoms with E-state index in [9.17, 15) is 4.79 Å². The number of anilines is 1. The van der Waals surface area contributed by atoms with Crippen LogP contribution in [0.4, 0.5) is 15.8 Å². The summed E-state index contributed by atoms with van der Waals surface area (Å²) in [5.41, 5.74) is 8.55. The van der Waals surface area contributed by atoms with Gasteiger partial charge in [-0.25, -0.2) is 14.3 Å². The summed E-state index contributed by atoms with van der Waals surface area (Å²) in [5, 5.41) is 11.6. The summed E-state index contributed by atoms with van der Waals surface area (Å²) in [6, 6.07) is 4.93. The fourth-order valence-corrected chi connectivity index (χ4v) is 5.05. The van der Waals surface area contributed by atoms with E-state index in [-0.39, 0.29) is 22.8 Å². The lowest BCUT2D eigenvalue weighted by molar-refractivity contribution is 0.629. The zero-order valence-corrected chi connectivity index (χ0v) is 20.2. The summed E-state index contributed by atoms with van der Waals surface area (Å²) in [5.74, 6) is 1.86. The molecule has 0 bridgehead atoms. The highest BCUT2D eigenvalue weighted by Crippen LogP contribution is 2.47. The molecule has 5 rings (SSSR count). The van der Waals surface area contributed by atoms with E-state index in [0.29, 0.717) is 44.5 Å². The number of fused-ring (bicyclic) bond motifs is 1. The van der Waals surface area contributed by atoms with E-state index in [1.54, 1.807) is 25.4 Å². The molecule has 10 heteroatoms. The first kappa shape index (κ1) is 23.6. The Labute approximate surface area is 211 Å². The molecule has 3 heterocycles. The number of aryl methyl sites for hydroxylation is 1. The molecular formula is C26H21ClFN7O. The standard InChI is InChI=1S/C26H21ClFN7O/c1-4-14-9-15(10-16-19(12-29)32-33-26(36)21(14)16)17-13-31-34(3)25(17)22-23(28)18(27)11-20(24(22)30-2)35-7-5-6-8-35/h1,9-11,13H,5-8,12,29H2,3H3,(H,33,36). The van der Waals surface area contributed by atoms with Gasteiger partial charge in [-0.05, 0) is 36.6 Å². The van der Waals surface area contributed by atoms with Crippen LogP contribution in [0.5, 0.6) is 0 Å². The predicted octanol–water partition coefficient (Wildman–Crippen LogP) is 4.37. The third kappa shape index (κ3) is 3.61. The van der Waals surface area contributed by atoms with Crippen molar-refractivity contribution >= 4 is 33.7 Å². The zero-order chi connectivity index (χ0) is 25.6. The quantitative estimate of drug-likeness (QED) is 0.319. The molecule has 0 unspecified atom stereocenters. The van der Waals surface area contributed by atoms with Gasteiger partial charge in [0.05, 0.1) is 34.6 Å². The number of terminal acetylenes is 1. The molecule has 1 aliphatic rings. The largest absolute Gasteiger partial charge is 0.380 e. The lowest BCUT2D eigenvalue weighted by Gasteiger charge is -2.22. The predicted molar refractivity (Wildman–Crippen MR) is 139 cm³/mol. The van der Waals surface area contributed by atoms with Gasteiger partial charge in [0.15, 0.2) is 0 Å². The smallest absolute Gasteiger partial charge is 0.273 e. The lowest BCUT2D eigenvalue weighted by Crippen LogP contribution is -2.18. The molecule has 3 N–H and O–H groups in total. The molecule has 1 aliphatic heterocycles. The second kappa shape index (κ2) is 9.12. The molecule has 1 saturated heterocycles. The van der Waals surface area contributed by atoms with E-state index in [0.717, 1.165) is 25.9 Å². The molecule has 0 amide bonds. The Morgan fingerprint density at radius 2 is 2.08 bits per heavy atom. The number of H-pyrrole nitrogens is 1. The summed E-state index contributed by atoms with van der Waals surface area (Å²) in [6.07, 6.45) is 9.31. The number of hydrogen-bond donors (Lipinski definition) is 2. The van der Waals surface area contributed by atoms with Crippen LogP contribution in [0.15, 0.2) is 29.2 Å². The normalized spacial score (nSPS) is 13.2. The van der Waals surface area contributed by atoms with Gasteiger partial charge in [0.2, 0.25) is 5.69 Å². The van der Waals surface area contributed by atoms with Crippen molar-refractivity contribution in [3.05, 3.63) is 68.3 Å². The summed E-state index contributed by atoms with van der Waals surface area (Å²) in [4.78, 5) is 18.3. The van der Waals surface area contributed by atoms with Gasteiger partial charge < -0.3 is 10.6 Å². The molecule has 180 valence electrons. The minimum Gasteiger partial charge on any atom is -0.380 e. The second-order valence-corrected chi connectivity index (χ2v) is 8.95. The summed E-state index contributed by atoms with van der Waals surface area (Å²) in [7, 11) is 1.67. The van der Waals surface area contributed by atoms with Gasteiger partial charge in [-0.15, -0.1) is 6.42 Å². The van der Waals surface area contributed by atoms with Gasteiger partial charge in [-0.1, -0.05) is 17.5 Å². The molecule has 2 aromatic carbocycles. The van der Waals surface area contributed by atoms with Crippen LogP contribution >= 0.6 is 11.6 Å². The van der Waals surface area contributed by atoms with Gasteiger partial charge in [-0.3, -0.25) is 9.48 Å². The van der Waals surface area contributed by atoms with Crippen LogP contribution in [0.3, 0.4) is 0 Å². The van der Waals surface area contributed by atoms with Crippen molar-refractivity contribution in [3.8, 4) is 34.7 Å². The van der Waals surface area contributed by atoms with Crippen molar-refractivity contribution in [2.75, 3.05) is 18.0 Å². The SMILES string of the molecule is [C-]#[N+]c1c(N2CCCC2)cc(Cl)c(F)c1-c1c(-c2cc(C#C)c3c(=O)[nH]nc(CN)c3c2)cnn1C. The zero-order valence-electron chi connectivity index (χ0n) is 19.4. The minimum atomic E-state index is -0.700. The number of benzene rings is 2. The topological polar surface area (TPSA) is 97.2 Å². The fraction of sp³-hybridized carbons (Fsp3) is 0.231. The number of aromatic amines is 1. The summed E-state index contributed by atoms with van der Waals surface area (Å²) >= 11 is 6.36. The van der Waals surface area contributed by atoms with Crippen LogP contribution < -0.4 is 16.2 Å². The molecule has 2 aromatic heterocycles. The van der Waals surface area contributed by atoms with Crippen molar-refractivity contribution in [1.29, 1.82) is 0 Å². The molecular weight excluding hydrogens is 481 g/mol. The van der Waals surface area contributed by atoms with Crippen molar-refractivity contribution in [1.82, 2.24) is 20.0 Å². The maximum absolute atomic E-state index is 15.7. The Balaban J connectivity index is 1.83. The van der Waals surface area contributed by atoms with E-state index in [1.165, 1.54) is 10.7 Å². The minimum absolute atomic E-state index is 0.0693. The van der Waals surface area contributed by atoms with Crippen LogP contribution in [0, 0.1) is 24.7 Å². The van der Waals surface area contributed by atoms with Crippen molar-refractivity contribution in [3.63, 3.8) is 0 Å². The molecule has 0 radical (unpaired) electrons. The highest BCUT2D eigenvalue weighted by molar-refractivity contribution is 6.31. The lowest BCUT2D eigenvalue weighted by atomic mass is 9.94. The van der Waals surface area contributed by atoms with E-state index < -0.39 is 11.4 Å². The Kier molecular flexibility index (Phi) is 5.97. The van der Waals surface area contributed by atoms with Gasteiger partial charge in [0.1, 0.15) is 5.82 Å². The Bertz CT molecular complexity index is 1670. The van der Waals surface area contributed by atoms with Crippen LogP contribution in [0.25, 0.3) is 38.0 Å². The van der Waals surface area contributed by atoms with Crippen LogP contribution in [-0.2, 0) is 13.6 Å². The summed E-state index contributed by atoms with van der Waals surface area (Å²) in [6.45, 7) is 9.53. The van der Waals surface area contributed by atoms with E-state index in [2.05, 4.69) is 31.0 Å². The number of rotatable bonds is 4. The number of nitrogens with zero attached hydrogens (tertiary/aromatic N) is 5. The van der Waals surface area contributed by atoms with E-state index >= 15 is 4.39 Å².